The first-order valence-electron chi connectivity index (χ1n) is 10.7. The van der Waals surface area contributed by atoms with Crippen molar-refractivity contribution in [3.8, 4) is 0 Å². The normalized spacial score (nSPS) is 21.0. The van der Waals surface area contributed by atoms with Crippen LogP contribution in [-0.4, -0.2) is 23.3 Å². The van der Waals surface area contributed by atoms with E-state index in [1.54, 1.807) is 0 Å². The first-order valence-corrected chi connectivity index (χ1v) is 10.7. The van der Waals surface area contributed by atoms with Crippen LogP contribution >= 0.6 is 0 Å². The second kappa shape index (κ2) is 6.29. The molecule has 0 saturated carbocycles. The molecule has 1 saturated heterocycles. The fraction of sp³-hybridized carbons (Fsp3) is 0.346. The minimum absolute atomic E-state index is 0.116. The summed E-state index contributed by atoms with van der Waals surface area (Å²) in [5, 5.41) is 2.60. The van der Waals surface area contributed by atoms with Crippen molar-refractivity contribution in [2.24, 2.45) is 0 Å². The quantitative estimate of drug-likeness (QED) is 0.545. The van der Waals surface area contributed by atoms with Gasteiger partial charge in [-0.15, -0.1) is 0 Å². The maximum atomic E-state index is 6.18. The highest BCUT2D eigenvalue weighted by Crippen LogP contribution is 2.48. The van der Waals surface area contributed by atoms with Gasteiger partial charge in [-0.25, -0.2) is 0 Å². The lowest BCUT2D eigenvalue weighted by molar-refractivity contribution is 0.00578. The van der Waals surface area contributed by atoms with Gasteiger partial charge in [-0.2, -0.15) is 0 Å². The molecule has 4 heteroatoms. The van der Waals surface area contributed by atoms with Crippen molar-refractivity contribution >= 4 is 35.0 Å². The third-order valence-electron chi connectivity index (χ3n) is 7.15. The van der Waals surface area contributed by atoms with Gasteiger partial charge in [0.15, 0.2) is 0 Å². The first kappa shape index (κ1) is 19.5. The minimum atomic E-state index is -0.386. The van der Waals surface area contributed by atoms with Gasteiger partial charge in [-0.05, 0) is 67.3 Å². The maximum absolute atomic E-state index is 6.18. The lowest BCUT2D eigenvalue weighted by Crippen LogP contribution is -2.41. The van der Waals surface area contributed by atoms with Crippen LogP contribution < -0.4 is 5.46 Å². The molecule has 3 aromatic rings. The maximum Gasteiger partial charge on any atom is 0.496 e. The van der Waals surface area contributed by atoms with Crippen molar-refractivity contribution < 1.29 is 9.31 Å². The molecule has 0 bridgehead atoms. The van der Waals surface area contributed by atoms with Gasteiger partial charge in [0.2, 0.25) is 0 Å². The fourth-order valence-electron chi connectivity index (χ4n) is 4.65. The second-order valence-electron chi connectivity index (χ2n) is 10.00. The van der Waals surface area contributed by atoms with Crippen LogP contribution in [-0.2, 0) is 14.7 Å². The summed E-state index contributed by atoms with van der Waals surface area (Å²) in [6, 6.07) is 17.2. The molecule has 5 rings (SSSR count). The van der Waals surface area contributed by atoms with E-state index >= 15 is 0 Å². The molecule has 1 aliphatic heterocycles. The molecule has 152 valence electrons. The number of benzene rings is 2. The third-order valence-corrected chi connectivity index (χ3v) is 7.15. The van der Waals surface area contributed by atoms with Gasteiger partial charge < -0.3 is 9.31 Å². The molecule has 0 radical (unpaired) electrons. The molecule has 30 heavy (non-hydrogen) atoms. The zero-order valence-electron chi connectivity index (χ0n) is 18.6. The molecule has 0 amide bonds. The highest BCUT2D eigenvalue weighted by Gasteiger charge is 2.51. The molecule has 3 nitrogen and oxygen atoms in total. The van der Waals surface area contributed by atoms with Crippen LogP contribution in [0.5, 0.6) is 0 Å². The summed E-state index contributed by atoms with van der Waals surface area (Å²) in [4.78, 5) is 4.83. The summed E-state index contributed by atoms with van der Waals surface area (Å²) < 4.78 is 12.4. The number of hydrogen-bond donors (Lipinski definition) is 0. The lowest BCUT2D eigenvalue weighted by Gasteiger charge is -2.32. The largest absolute Gasteiger partial charge is 0.496 e. The summed E-state index contributed by atoms with van der Waals surface area (Å²) in [6.07, 6.45) is 4.19. The first-order chi connectivity index (χ1) is 14.1. The molecule has 0 N–H and O–H groups in total. The highest BCUT2D eigenvalue weighted by atomic mass is 16.7. The van der Waals surface area contributed by atoms with E-state index in [0.29, 0.717) is 0 Å². The number of allylic oxidation sites excluding steroid dienone is 1. The molecule has 0 atom stereocenters. The Morgan fingerprint density at radius 3 is 2.17 bits per heavy atom. The smallest absolute Gasteiger partial charge is 0.399 e. The van der Waals surface area contributed by atoms with Crippen molar-refractivity contribution in [2.75, 3.05) is 0 Å². The third kappa shape index (κ3) is 2.78. The van der Waals surface area contributed by atoms with Crippen LogP contribution in [0.4, 0.5) is 0 Å². The zero-order valence-corrected chi connectivity index (χ0v) is 18.6. The van der Waals surface area contributed by atoms with Crippen LogP contribution in [0.1, 0.15) is 58.4 Å². The number of rotatable bonds is 2. The Hall–Kier alpha value is -2.43. The Labute approximate surface area is 179 Å². The van der Waals surface area contributed by atoms with Gasteiger partial charge in [0.05, 0.1) is 16.9 Å². The number of hydrogen-bond acceptors (Lipinski definition) is 3. The molecule has 1 fully saturated rings. The van der Waals surface area contributed by atoms with Gasteiger partial charge in [0, 0.05) is 17.1 Å². The van der Waals surface area contributed by atoms with E-state index in [9.17, 15) is 0 Å². The molecule has 2 aliphatic rings. The van der Waals surface area contributed by atoms with E-state index in [1.807, 2.05) is 6.20 Å². The van der Waals surface area contributed by atoms with Crippen LogP contribution in [0.2, 0.25) is 0 Å². The van der Waals surface area contributed by atoms with Crippen molar-refractivity contribution in [1.29, 1.82) is 0 Å². The molecular weight excluding hydrogens is 369 g/mol. The highest BCUT2D eigenvalue weighted by molar-refractivity contribution is 6.62. The van der Waals surface area contributed by atoms with Crippen molar-refractivity contribution in [3.63, 3.8) is 0 Å². The van der Waals surface area contributed by atoms with E-state index in [-0.39, 0.29) is 23.7 Å². The number of nitrogens with zero attached hydrogens (tertiary/aromatic N) is 1. The van der Waals surface area contributed by atoms with Crippen LogP contribution in [0.15, 0.2) is 54.7 Å². The molecular formula is C26H28BNO2. The monoisotopic (exact) mass is 397 g/mol. The Kier molecular flexibility index (Phi) is 4.09. The van der Waals surface area contributed by atoms with Crippen LogP contribution in [0, 0.1) is 0 Å². The Morgan fingerprint density at radius 1 is 0.800 bits per heavy atom. The van der Waals surface area contributed by atoms with E-state index in [4.69, 9.17) is 14.3 Å². The number of pyridine rings is 1. The average molecular weight is 397 g/mol. The summed E-state index contributed by atoms with van der Waals surface area (Å²) in [5.41, 5.74) is 5.05. The van der Waals surface area contributed by atoms with Crippen LogP contribution in [0.25, 0.3) is 22.4 Å². The van der Waals surface area contributed by atoms with Gasteiger partial charge in [0.25, 0.3) is 0 Å². The second-order valence-corrected chi connectivity index (χ2v) is 10.00. The SMILES string of the molecule is CC1(C)C(c2ccc(B3OC(C)(C)C(C)(C)O3)cn2)=Cc2ccc3ccccc3c21. The molecule has 0 unspecified atom stereocenters. The molecule has 2 heterocycles. The standard InChI is InChI=1S/C26H28BNO2/c1-24(2)21(15-18-12-11-17-9-7-8-10-20(17)23(18)24)22-14-13-19(16-28-22)27-29-25(3,4)26(5,6)30-27/h7-16H,1-6H3. The summed E-state index contributed by atoms with van der Waals surface area (Å²) in [6.45, 7) is 12.9. The number of fused-ring (bicyclic) bond motifs is 3. The predicted octanol–water partition coefficient (Wildman–Crippen LogP) is 5.37. The minimum Gasteiger partial charge on any atom is -0.399 e. The van der Waals surface area contributed by atoms with E-state index in [2.05, 4.69) is 96.1 Å². The van der Waals surface area contributed by atoms with Gasteiger partial charge in [0.1, 0.15) is 0 Å². The Bertz CT molecular complexity index is 1160. The molecule has 1 aromatic heterocycles. The summed E-state index contributed by atoms with van der Waals surface area (Å²) >= 11 is 0. The Balaban J connectivity index is 1.49. The Morgan fingerprint density at radius 2 is 1.50 bits per heavy atom. The topological polar surface area (TPSA) is 31.4 Å². The molecule has 2 aromatic carbocycles. The average Bonchev–Trinajstić information content (AvgIpc) is 3.10. The lowest BCUT2D eigenvalue weighted by atomic mass is 9.77. The van der Waals surface area contributed by atoms with Gasteiger partial charge >= 0.3 is 7.12 Å². The van der Waals surface area contributed by atoms with Crippen molar-refractivity contribution in [3.05, 3.63) is 71.5 Å². The summed E-state index contributed by atoms with van der Waals surface area (Å²) in [7, 11) is -0.386. The van der Waals surface area contributed by atoms with Crippen LogP contribution in [0.3, 0.4) is 0 Å². The molecule has 0 spiro atoms. The van der Waals surface area contributed by atoms with Gasteiger partial charge in [-0.1, -0.05) is 56.3 Å². The van der Waals surface area contributed by atoms with Crippen molar-refractivity contribution in [2.45, 2.75) is 58.2 Å². The van der Waals surface area contributed by atoms with E-state index in [1.165, 1.54) is 27.5 Å². The zero-order chi connectivity index (χ0) is 21.3. The van der Waals surface area contributed by atoms with E-state index < -0.39 is 0 Å². The predicted molar refractivity (Wildman–Crippen MR) is 125 cm³/mol. The van der Waals surface area contributed by atoms with E-state index in [0.717, 1.165) is 11.2 Å². The fourth-order valence-corrected chi connectivity index (χ4v) is 4.65. The van der Waals surface area contributed by atoms with Crippen molar-refractivity contribution in [1.82, 2.24) is 4.98 Å². The number of aromatic nitrogens is 1. The molecule has 1 aliphatic carbocycles. The van der Waals surface area contributed by atoms with Gasteiger partial charge in [-0.3, -0.25) is 4.98 Å². The summed E-state index contributed by atoms with van der Waals surface area (Å²) in [5.74, 6) is 0.